The summed E-state index contributed by atoms with van der Waals surface area (Å²) >= 11 is 0. The Morgan fingerprint density at radius 1 is 1.24 bits per heavy atom. The molecule has 3 heterocycles. The summed E-state index contributed by atoms with van der Waals surface area (Å²) < 4.78 is 8.97. The van der Waals surface area contributed by atoms with Crippen molar-refractivity contribution in [3.63, 3.8) is 0 Å². The zero-order valence-electron chi connectivity index (χ0n) is 16.7. The van der Waals surface area contributed by atoms with Gasteiger partial charge in [-0.15, -0.1) is 0 Å². The molecule has 2 aliphatic heterocycles. The van der Waals surface area contributed by atoms with Crippen molar-refractivity contribution in [1.82, 2.24) is 14.4 Å². The molecule has 3 amide bonds. The van der Waals surface area contributed by atoms with Crippen molar-refractivity contribution in [2.45, 2.75) is 26.4 Å². The fourth-order valence-corrected chi connectivity index (χ4v) is 3.71. The van der Waals surface area contributed by atoms with E-state index in [2.05, 4.69) is 4.99 Å². The second-order valence-corrected chi connectivity index (χ2v) is 7.25. The molecule has 2 aromatic rings. The number of imidazole rings is 1. The maximum atomic E-state index is 13.0. The van der Waals surface area contributed by atoms with Crippen molar-refractivity contribution < 1.29 is 23.7 Å². The lowest BCUT2D eigenvalue weighted by atomic mass is 10.1. The van der Waals surface area contributed by atoms with Gasteiger partial charge in [0.1, 0.15) is 23.4 Å². The molecular weight excluding hydrogens is 374 g/mol. The molecular formula is C20H22N5O4+. The third-order valence-corrected chi connectivity index (χ3v) is 5.20. The van der Waals surface area contributed by atoms with Gasteiger partial charge >= 0.3 is 12.0 Å². The first kappa shape index (κ1) is 18.9. The highest BCUT2D eigenvalue weighted by Gasteiger charge is 2.53. The van der Waals surface area contributed by atoms with Crippen LogP contribution in [0.1, 0.15) is 24.2 Å². The number of aromatic nitrogens is 2. The van der Waals surface area contributed by atoms with Crippen molar-refractivity contribution in [2.75, 3.05) is 20.7 Å². The van der Waals surface area contributed by atoms with E-state index in [0.717, 1.165) is 21.9 Å². The fraction of sp³-hybridized carbons (Fsp3) is 0.350. The fourth-order valence-electron chi connectivity index (χ4n) is 3.71. The summed E-state index contributed by atoms with van der Waals surface area (Å²) in [6.45, 7) is 3.62. The number of ketones is 1. The number of fused-ring (bicyclic) bond motifs is 3. The minimum atomic E-state index is -0.747. The molecule has 150 valence electrons. The van der Waals surface area contributed by atoms with Gasteiger partial charge in [-0.2, -0.15) is 0 Å². The Morgan fingerprint density at radius 3 is 2.55 bits per heavy atom. The first-order valence-corrected chi connectivity index (χ1v) is 9.23. The number of amides is 3. The topological polar surface area (TPSA) is 88.1 Å². The number of hydrogen-bond donors (Lipinski definition) is 0. The number of imide groups is 1. The highest BCUT2D eigenvalue weighted by atomic mass is 16.5. The molecule has 1 unspecified atom stereocenters. The van der Waals surface area contributed by atoms with Gasteiger partial charge in [-0.25, -0.2) is 13.9 Å². The number of carbonyl (C=O) groups is 3. The first-order chi connectivity index (χ1) is 13.8. The summed E-state index contributed by atoms with van der Waals surface area (Å²) in [6.07, 6.45) is 1.85. The van der Waals surface area contributed by atoms with E-state index in [1.165, 1.54) is 11.8 Å². The van der Waals surface area contributed by atoms with Crippen LogP contribution in [-0.2, 0) is 16.1 Å². The predicted octanol–water partition coefficient (Wildman–Crippen LogP) is 1.21. The smallest absolute Gasteiger partial charge is 0.402 e. The second-order valence-electron chi connectivity index (χ2n) is 7.25. The van der Waals surface area contributed by atoms with E-state index < -0.39 is 18.0 Å². The van der Waals surface area contributed by atoms with Gasteiger partial charge < -0.3 is 4.74 Å². The number of aryl methyl sites for hydroxylation is 1. The molecule has 0 spiro atoms. The average Bonchev–Trinajstić information content (AvgIpc) is 3.20. The highest BCUT2D eigenvalue weighted by molar-refractivity contribution is 6.19. The molecule has 0 bridgehead atoms. The Bertz CT molecular complexity index is 1050. The van der Waals surface area contributed by atoms with Gasteiger partial charge in [-0.05, 0) is 31.5 Å². The molecule has 1 fully saturated rings. The van der Waals surface area contributed by atoms with E-state index in [0.29, 0.717) is 18.3 Å². The maximum absolute atomic E-state index is 13.0. The van der Waals surface area contributed by atoms with E-state index in [1.54, 1.807) is 18.7 Å². The lowest BCUT2D eigenvalue weighted by molar-refractivity contribution is -0.677. The van der Waals surface area contributed by atoms with Gasteiger partial charge in [-0.3, -0.25) is 19.4 Å². The van der Waals surface area contributed by atoms with Crippen LogP contribution in [0.3, 0.4) is 0 Å². The number of amidine groups is 1. The molecule has 9 heteroatoms. The number of benzene rings is 1. The minimum Gasteiger partial charge on any atom is -0.497 e. The average molecular weight is 396 g/mol. The van der Waals surface area contributed by atoms with Crippen LogP contribution in [-0.4, -0.2) is 58.6 Å². The molecule has 0 radical (unpaired) electrons. The van der Waals surface area contributed by atoms with Gasteiger partial charge in [0.05, 0.1) is 20.2 Å². The van der Waals surface area contributed by atoms with Gasteiger partial charge in [0.15, 0.2) is 0 Å². The van der Waals surface area contributed by atoms with Crippen molar-refractivity contribution in [3.8, 4) is 5.75 Å². The van der Waals surface area contributed by atoms with Crippen LogP contribution >= 0.6 is 0 Å². The molecule has 1 aromatic carbocycles. The van der Waals surface area contributed by atoms with Crippen LogP contribution in [0.4, 0.5) is 10.7 Å². The van der Waals surface area contributed by atoms with E-state index in [4.69, 9.17) is 4.74 Å². The van der Waals surface area contributed by atoms with Crippen LogP contribution in [0, 0.1) is 6.92 Å². The number of aliphatic imine (C=N–C) groups is 1. The number of carbonyl (C=O) groups excluding carboxylic acids is 3. The molecule has 1 saturated heterocycles. The zero-order chi connectivity index (χ0) is 20.9. The number of methoxy groups -OCH3 is 1. The molecule has 29 heavy (non-hydrogen) atoms. The number of ether oxygens (including phenoxy) is 1. The summed E-state index contributed by atoms with van der Waals surface area (Å²) in [5.74, 6) is 1.05. The highest BCUT2D eigenvalue weighted by Crippen LogP contribution is 2.29. The van der Waals surface area contributed by atoms with Gasteiger partial charge in [0.2, 0.25) is 11.9 Å². The maximum Gasteiger partial charge on any atom is 0.402 e. The Kier molecular flexibility index (Phi) is 4.45. The lowest BCUT2D eigenvalue weighted by Gasteiger charge is -2.32. The summed E-state index contributed by atoms with van der Waals surface area (Å²) in [7, 11) is 3.19. The van der Waals surface area contributed by atoms with E-state index in [-0.39, 0.29) is 12.3 Å². The number of hydrogen-bond acceptors (Lipinski definition) is 5. The SMILES string of the molecule is COc1ccc(Cn2c(C)c[n+]3c2N=C2C3C(=O)N(CC(C)=O)C(=O)N2C)cc1. The normalized spacial score (nSPS) is 17.9. The first-order valence-electron chi connectivity index (χ1n) is 9.23. The monoisotopic (exact) mass is 396 g/mol. The van der Waals surface area contributed by atoms with Crippen LogP contribution in [0.2, 0.25) is 0 Å². The van der Waals surface area contributed by atoms with E-state index in [9.17, 15) is 14.4 Å². The standard InChI is InChI=1S/C20H22N5O4/c1-12-9-24-16-17(22(3)20(28)25(18(16)27)10-13(2)26)21-19(24)23(12)11-14-5-7-15(29-4)8-6-14/h5-9,16H,10-11H2,1-4H3/q+1. The molecule has 0 aliphatic carbocycles. The van der Waals surface area contributed by atoms with Crippen LogP contribution in [0.25, 0.3) is 0 Å². The molecule has 2 aliphatic rings. The third-order valence-electron chi connectivity index (χ3n) is 5.20. The van der Waals surface area contributed by atoms with Crippen LogP contribution in [0.5, 0.6) is 5.75 Å². The quantitative estimate of drug-likeness (QED) is 0.711. The van der Waals surface area contributed by atoms with Crippen molar-refractivity contribution in [3.05, 3.63) is 41.7 Å². The Labute approximate surface area is 167 Å². The second kappa shape index (κ2) is 6.84. The van der Waals surface area contributed by atoms with Gasteiger partial charge in [-0.1, -0.05) is 17.1 Å². The number of likely N-dealkylation sites (N-methyl/N-ethyl adjacent to an activating group) is 1. The number of urea groups is 1. The van der Waals surface area contributed by atoms with Crippen molar-refractivity contribution >= 4 is 29.5 Å². The predicted molar refractivity (Wildman–Crippen MR) is 103 cm³/mol. The number of nitrogens with zero attached hydrogens (tertiary/aromatic N) is 5. The molecule has 4 rings (SSSR count). The molecule has 1 atom stereocenters. The van der Waals surface area contributed by atoms with E-state index >= 15 is 0 Å². The summed E-state index contributed by atoms with van der Waals surface area (Å²) in [6, 6.07) is 6.44. The molecule has 1 aromatic heterocycles. The number of rotatable bonds is 5. The van der Waals surface area contributed by atoms with Gasteiger partial charge in [0, 0.05) is 7.05 Å². The van der Waals surface area contributed by atoms with Gasteiger partial charge in [0.25, 0.3) is 5.91 Å². The molecule has 0 N–H and O–H groups in total. The molecule has 0 saturated carbocycles. The van der Waals surface area contributed by atoms with E-state index in [1.807, 2.05) is 42.0 Å². The third kappa shape index (κ3) is 2.98. The largest absolute Gasteiger partial charge is 0.497 e. The van der Waals surface area contributed by atoms with Crippen LogP contribution in [0.15, 0.2) is 35.5 Å². The van der Waals surface area contributed by atoms with Crippen LogP contribution < -0.4 is 9.30 Å². The van der Waals surface area contributed by atoms with Crippen molar-refractivity contribution in [1.29, 1.82) is 0 Å². The summed E-state index contributed by atoms with van der Waals surface area (Å²) in [5.41, 5.74) is 1.99. The Hall–Kier alpha value is -3.49. The number of Topliss-reactive ketones (excluding diaryl/α,β-unsaturated/α-hetero) is 1. The Balaban J connectivity index is 1.71. The minimum absolute atomic E-state index is 0.243. The summed E-state index contributed by atoms with van der Waals surface area (Å²) in [4.78, 5) is 44.1. The Morgan fingerprint density at radius 2 is 1.93 bits per heavy atom. The zero-order valence-corrected chi connectivity index (χ0v) is 16.7. The lowest BCUT2D eigenvalue weighted by Crippen LogP contribution is -2.63. The molecule has 9 nitrogen and oxygen atoms in total. The van der Waals surface area contributed by atoms with Crippen molar-refractivity contribution in [2.24, 2.45) is 4.99 Å². The summed E-state index contributed by atoms with van der Waals surface area (Å²) in [5, 5.41) is 0.